The Kier molecular flexibility index (Phi) is 3.97. The van der Waals surface area contributed by atoms with E-state index in [2.05, 4.69) is 15.9 Å². The Bertz CT molecular complexity index is 520. The summed E-state index contributed by atoms with van der Waals surface area (Å²) in [6, 6.07) is 10.8. The maximum Gasteiger partial charge on any atom is 0.126 e. The van der Waals surface area contributed by atoms with Gasteiger partial charge in [0.2, 0.25) is 0 Å². The minimum Gasteiger partial charge on any atom is -0.497 e. The molecule has 0 aliphatic heterocycles. The molecule has 0 aliphatic rings. The number of hydrogen-bond acceptors (Lipinski definition) is 1. The first-order valence-electron chi connectivity index (χ1n) is 5.34. The Hall–Kier alpha value is -1.42. The van der Waals surface area contributed by atoms with Gasteiger partial charge in [0.15, 0.2) is 0 Å². The molecule has 2 rings (SSSR count). The summed E-state index contributed by atoms with van der Waals surface area (Å²) < 4.78 is 31.3. The van der Waals surface area contributed by atoms with E-state index in [1.165, 1.54) is 12.1 Å². The molecular weight excluding hydrogens is 302 g/mol. The molecule has 2 aromatic carbocycles. The van der Waals surface area contributed by atoms with Gasteiger partial charge in [-0.3, -0.25) is 0 Å². The first-order chi connectivity index (χ1) is 8.60. The summed E-state index contributed by atoms with van der Waals surface area (Å²) in [5.74, 6) is -0.421. The molecule has 1 atom stereocenters. The number of benzene rings is 2. The van der Waals surface area contributed by atoms with Gasteiger partial charge in [-0.05, 0) is 35.4 Å². The third-order valence-electron chi connectivity index (χ3n) is 2.59. The minimum atomic E-state index is -0.581. The van der Waals surface area contributed by atoms with Gasteiger partial charge in [-0.1, -0.05) is 28.1 Å². The van der Waals surface area contributed by atoms with Gasteiger partial charge >= 0.3 is 0 Å². The van der Waals surface area contributed by atoms with Gasteiger partial charge < -0.3 is 4.74 Å². The van der Waals surface area contributed by atoms with E-state index in [1.807, 2.05) is 12.1 Å². The maximum atomic E-state index is 13.1. The lowest BCUT2D eigenvalue weighted by Gasteiger charge is -2.11. The fourth-order valence-electron chi connectivity index (χ4n) is 1.69. The second-order valence-electron chi connectivity index (χ2n) is 3.84. The highest BCUT2D eigenvalue weighted by Crippen LogP contribution is 2.32. The average molecular weight is 313 g/mol. The highest BCUT2D eigenvalue weighted by molar-refractivity contribution is 9.09. The SMILES string of the molecule is COc1ccc(C(Br)c2cc(F)cc(F)c2)cc1. The van der Waals surface area contributed by atoms with Crippen LogP contribution in [0.4, 0.5) is 8.78 Å². The third kappa shape index (κ3) is 2.88. The monoisotopic (exact) mass is 312 g/mol. The lowest BCUT2D eigenvalue weighted by Crippen LogP contribution is -1.95. The Morgan fingerprint density at radius 3 is 2.00 bits per heavy atom. The summed E-state index contributed by atoms with van der Waals surface area (Å²) in [5, 5.41) is 0. The van der Waals surface area contributed by atoms with Gasteiger partial charge in [0.1, 0.15) is 17.4 Å². The predicted octanol–water partition coefficient (Wildman–Crippen LogP) is 4.46. The first kappa shape index (κ1) is 13.0. The van der Waals surface area contributed by atoms with Gasteiger partial charge in [0.25, 0.3) is 0 Å². The van der Waals surface area contributed by atoms with Crippen molar-refractivity contribution in [3.63, 3.8) is 0 Å². The molecule has 0 heterocycles. The minimum absolute atomic E-state index is 0.256. The molecule has 0 aliphatic carbocycles. The molecule has 0 fully saturated rings. The molecule has 94 valence electrons. The van der Waals surface area contributed by atoms with Gasteiger partial charge in [0.05, 0.1) is 11.9 Å². The van der Waals surface area contributed by atoms with Crippen LogP contribution in [0, 0.1) is 11.6 Å². The first-order valence-corrected chi connectivity index (χ1v) is 6.25. The molecule has 0 saturated heterocycles. The van der Waals surface area contributed by atoms with Crippen LogP contribution in [0.25, 0.3) is 0 Å². The number of hydrogen-bond donors (Lipinski definition) is 0. The number of ether oxygens (including phenoxy) is 1. The molecule has 1 unspecified atom stereocenters. The number of methoxy groups -OCH3 is 1. The van der Waals surface area contributed by atoms with Crippen molar-refractivity contribution in [2.24, 2.45) is 0 Å². The van der Waals surface area contributed by atoms with Gasteiger partial charge in [-0.15, -0.1) is 0 Å². The molecule has 0 N–H and O–H groups in total. The van der Waals surface area contributed by atoms with Crippen molar-refractivity contribution in [3.8, 4) is 5.75 Å². The van der Waals surface area contributed by atoms with Crippen LogP contribution < -0.4 is 4.74 Å². The highest BCUT2D eigenvalue weighted by atomic mass is 79.9. The molecule has 0 spiro atoms. The van der Waals surface area contributed by atoms with E-state index in [4.69, 9.17) is 4.74 Å². The van der Waals surface area contributed by atoms with Crippen molar-refractivity contribution >= 4 is 15.9 Å². The van der Waals surface area contributed by atoms with Gasteiger partial charge in [-0.2, -0.15) is 0 Å². The summed E-state index contributed by atoms with van der Waals surface area (Å²) in [5.41, 5.74) is 1.44. The summed E-state index contributed by atoms with van der Waals surface area (Å²) in [7, 11) is 1.59. The van der Waals surface area contributed by atoms with Crippen LogP contribution in [0.3, 0.4) is 0 Å². The van der Waals surface area contributed by atoms with Gasteiger partial charge in [0, 0.05) is 6.07 Å². The molecule has 0 amide bonds. The second kappa shape index (κ2) is 5.48. The zero-order valence-corrected chi connectivity index (χ0v) is 11.2. The van der Waals surface area contributed by atoms with E-state index >= 15 is 0 Å². The maximum absolute atomic E-state index is 13.1. The number of halogens is 3. The number of alkyl halides is 1. The fraction of sp³-hybridized carbons (Fsp3) is 0.143. The zero-order valence-electron chi connectivity index (χ0n) is 9.66. The summed E-state index contributed by atoms with van der Waals surface area (Å²) in [6.07, 6.45) is 0. The van der Waals surface area contributed by atoms with Crippen molar-refractivity contribution in [3.05, 3.63) is 65.2 Å². The molecule has 0 bridgehead atoms. The van der Waals surface area contributed by atoms with E-state index in [1.54, 1.807) is 19.2 Å². The Balaban J connectivity index is 2.31. The van der Waals surface area contributed by atoms with Crippen molar-refractivity contribution < 1.29 is 13.5 Å². The third-order valence-corrected chi connectivity index (χ3v) is 3.64. The van der Waals surface area contributed by atoms with E-state index in [0.29, 0.717) is 5.56 Å². The molecule has 0 aromatic heterocycles. The molecule has 4 heteroatoms. The Morgan fingerprint density at radius 1 is 0.944 bits per heavy atom. The van der Waals surface area contributed by atoms with E-state index < -0.39 is 11.6 Å². The lowest BCUT2D eigenvalue weighted by molar-refractivity contribution is 0.414. The predicted molar refractivity (Wildman–Crippen MR) is 70.1 cm³/mol. The van der Waals surface area contributed by atoms with E-state index in [0.717, 1.165) is 17.4 Å². The van der Waals surface area contributed by atoms with Crippen LogP contribution in [-0.2, 0) is 0 Å². The fourth-order valence-corrected chi connectivity index (χ4v) is 2.26. The van der Waals surface area contributed by atoms with Crippen LogP contribution in [0.5, 0.6) is 5.75 Å². The molecule has 0 radical (unpaired) electrons. The Morgan fingerprint density at radius 2 is 1.50 bits per heavy atom. The smallest absolute Gasteiger partial charge is 0.126 e. The topological polar surface area (TPSA) is 9.23 Å². The van der Waals surface area contributed by atoms with Crippen LogP contribution in [-0.4, -0.2) is 7.11 Å². The summed E-state index contributed by atoms with van der Waals surface area (Å²) in [6.45, 7) is 0. The number of rotatable bonds is 3. The van der Waals surface area contributed by atoms with Crippen molar-refractivity contribution in [1.29, 1.82) is 0 Å². The van der Waals surface area contributed by atoms with E-state index in [-0.39, 0.29) is 4.83 Å². The molecule has 1 nitrogen and oxygen atoms in total. The van der Waals surface area contributed by atoms with E-state index in [9.17, 15) is 8.78 Å². The zero-order chi connectivity index (χ0) is 13.1. The molecule has 0 saturated carbocycles. The molecule has 2 aromatic rings. The van der Waals surface area contributed by atoms with Crippen LogP contribution in [0.1, 0.15) is 16.0 Å². The van der Waals surface area contributed by atoms with Crippen molar-refractivity contribution in [2.75, 3.05) is 7.11 Å². The molecule has 18 heavy (non-hydrogen) atoms. The summed E-state index contributed by atoms with van der Waals surface area (Å²) in [4.78, 5) is -0.256. The lowest BCUT2D eigenvalue weighted by atomic mass is 10.0. The largest absolute Gasteiger partial charge is 0.497 e. The highest BCUT2D eigenvalue weighted by Gasteiger charge is 2.12. The van der Waals surface area contributed by atoms with Crippen molar-refractivity contribution in [1.82, 2.24) is 0 Å². The normalized spacial score (nSPS) is 12.2. The standard InChI is InChI=1S/C14H11BrF2O/c1-18-13-4-2-9(3-5-13)14(15)10-6-11(16)8-12(17)7-10/h2-8,14H,1H3. The average Bonchev–Trinajstić information content (AvgIpc) is 2.37. The Labute approximate surface area is 113 Å². The van der Waals surface area contributed by atoms with Crippen LogP contribution in [0.15, 0.2) is 42.5 Å². The second-order valence-corrected chi connectivity index (χ2v) is 4.75. The quantitative estimate of drug-likeness (QED) is 0.760. The van der Waals surface area contributed by atoms with Crippen molar-refractivity contribution in [2.45, 2.75) is 4.83 Å². The summed E-state index contributed by atoms with van der Waals surface area (Å²) >= 11 is 3.43. The molecular formula is C14H11BrF2O. The van der Waals surface area contributed by atoms with Crippen LogP contribution in [0.2, 0.25) is 0 Å². The van der Waals surface area contributed by atoms with Gasteiger partial charge in [-0.25, -0.2) is 8.78 Å². The van der Waals surface area contributed by atoms with Crippen LogP contribution >= 0.6 is 15.9 Å².